The zero-order valence-electron chi connectivity index (χ0n) is 9.86. The first-order chi connectivity index (χ1) is 7.45. The maximum absolute atomic E-state index is 13.2. The van der Waals surface area contributed by atoms with E-state index in [9.17, 15) is 9.50 Å². The second kappa shape index (κ2) is 7.31. The molecular weight excluding hydrogens is 308 g/mol. The molecule has 0 fully saturated rings. The molecule has 0 amide bonds. The molecule has 2 nitrogen and oxygen atoms in total. The van der Waals surface area contributed by atoms with Gasteiger partial charge in [0.2, 0.25) is 0 Å². The largest absolute Gasteiger partial charge is 0.391 e. The Morgan fingerprint density at radius 1 is 1.41 bits per heavy atom. The number of hydrogen-bond acceptors (Lipinski definition) is 2. The summed E-state index contributed by atoms with van der Waals surface area (Å²) < 4.78 is 13.8. The van der Waals surface area contributed by atoms with Gasteiger partial charge < -0.3 is 10.8 Å². The number of aliphatic hydroxyl groups is 1. The normalized spacial score (nSPS) is 15.9. The van der Waals surface area contributed by atoms with Gasteiger partial charge in [-0.05, 0) is 29.7 Å². The second-order valence-electron chi connectivity index (χ2n) is 4.10. The van der Waals surface area contributed by atoms with Crippen LogP contribution < -0.4 is 5.73 Å². The van der Waals surface area contributed by atoms with Crippen molar-refractivity contribution in [1.29, 1.82) is 0 Å². The average molecular weight is 327 g/mol. The fraction of sp³-hybridized carbons (Fsp3) is 0.500. The molecule has 1 unspecified atom stereocenters. The van der Waals surface area contributed by atoms with Crippen LogP contribution in [-0.4, -0.2) is 11.2 Å². The smallest absolute Gasteiger partial charge is 0.124 e. The first kappa shape index (κ1) is 16.8. The van der Waals surface area contributed by atoms with Crippen molar-refractivity contribution in [2.24, 2.45) is 11.7 Å². The summed E-state index contributed by atoms with van der Waals surface area (Å²) in [4.78, 5) is 0. The van der Waals surface area contributed by atoms with Crippen LogP contribution in [0.1, 0.15) is 31.9 Å². The van der Waals surface area contributed by atoms with Crippen molar-refractivity contribution >= 4 is 28.3 Å². The van der Waals surface area contributed by atoms with Crippen molar-refractivity contribution in [1.82, 2.24) is 0 Å². The Labute approximate surface area is 116 Å². The SMILES string of the molecule is CCC(C)[C@@H](O)[C@@H](N)c1cc(F)cc(Br)c1.Cl. The van der Waals surface area contributed by atoms with Crippen LogP contribution in [0.15, 0.2) is 22.7 Å². The molecule has 0 bridgehead atoms. The standard InChI is InChI=1S/C12H17BrFNO.ClH/c1-3-7(2)12(16)11(15)8-4-9(13)6-10(14)5-8;/h4-7,11-12,16H,3,15H2,1-2H3;1H/t7?,11-,12+;/m0./s1. The van der Waals surface area contributed by atoms with Gasteiger partial charge >= 0.3 is 0 Å². The lowest BCUT2D eigenvalue weighted by Gasteiger charge is -2.24. The molecule has 3 atom stereocenters. The van der Waals surface area contributed by atoms with Gasteiger partial charge in [-0.15, -0.1) is 12.4 Å². The summed E-state index contributed by atoms with van der Waals surface area (Å²) in [5.41, 5.74) is 6.53. The lowest BCUT2D eigenvalue weighted by Crippen LogP contribution is -2.31. The van der Waals surface area contributed by atoms with Gasteiger partial charge in [0.05, 0.1) is 12.1 Å². The molecule has 1 rings (SSSR count). The van der Waals surface area contributed by atoms with Gasteiger partial charge in [-0.25, -0.2) is 4.39 Å². The van der Waals surface area contributed by atoms with E-state index >= 15 is 0 Å². The number of halogens is 3. The van der Waals surface area contributed by atoms with Gasteiger partial charge in [-0.1, -0.05) is 36.2 Å². The van der Waals surface area contributed by atoms with E-state index in [0.29, 0.717) is 10.0 Å². The molecule has 0 spiro atoms. The highest BCUT2D eigenvalue weighted by Gasteiger charge is 2.22. The highest BCUT2D eigenvalue weighted by atomic mass is 79.9. The highest BCUT2D eigenvalue weighted by molar-refractivity contribution is 9.10. The molecule has 0 radical (unpaired) electrons. The lowest BCUT2D eigenvalue weighted by atomic mass is 9.91. The summed E-state index contributed by atoms with van der Waals surface area (Å²) in [5.74, 6) is -0.256. The fourth-order valence-electron chi connectivity index (χ4n) is 1.56. The molecule has 0 aliphatic rings. The Balaban J connectivity index is 0.00000256. The van der Waals surface area contributed by atoms with E-state index in [1.807, 2.05) is 13.8 Å². The van der Waals surface area contributed by atoms with Gasteiger partial charge in [-0.2, -0.15) is 0 Å². The van der Waals surface area contributed by atoms with Crippen molar-refractivity contribution in [3.63, 3.8) is 0 Å². The number of nitrogens with two attached hydrogens (primary N) is 1. The summed E-state index contributed by atoms with van der Waals surface area (Å²) in [7, 11) is 0. The van der Waals surface area contributed by atoms with E-state index < -0.39 is 12.1 Å². The zero-order valence-corrected chi connectivity index (χ0v) is 12.3. The monoisotopic (exact) mass is 325 g/mol. The van der Waals surface area contributed by atoms with E-state index in [-0.39, 0.29) is 24.1 Å². The maximum Gasteiger partial charge on any atom is 0.124 e. The van der Waals surface area contributed by atoms with Gasteiger partial charge in [-0.3, -0.25) is 0 Å². The summed E-state index contributed by atoms with van der Waals surface area (Å²) in [5, 5.41) is 9.96. The van der Waals surface area contributed by atoms with Crippen molar-refractivity contribution in [2.45, 2.75) is 32.4 Å². The van der Waals surface area contributed by atoms with Crippen molar-refractivity contribution in [3.05, 3.63) is 34.1 Å². The third kappa shape index (κ3) is 4.54. The van der Waals surface area contributed by atoms with Crippen LogP contribution in [0.25, 0.3) is 0 Å². The lowest BCUT2D eigenvalue weighted by molar-refractivity contribution is 0.0879. The third-order valence-electron chi connectivity index (χ3n) is 2.86. The topological polar surface area (TPSA) is 46.2 Å². The van der Waals surface area contributed by atoms with Crippen molar-refractivity contribution < 1.29 is 9.50 Å². The van der Waals surface area contributed by atoms with Crippen molar-refractivity contribution in [3.8, 4) is 0 Å². The molecule has 1 aromatic carbocycles. The molecule has 98 valence electrons. The second-order valence-corrected chi connectivity index (χ2v) is 5.02. The molecular formula is C12H18BrClFNO. The van der Waals surface area contributed by atoms with Gasteiger partial charge in [0.15, 0.2) is 0 Å². The Morgan fingerprint density at radius 2 is 2.00 bits per heavy atom. The molecule has 0 aromatic heterocycles. The highest BCUT2D eigenvalue weighted by Crippen LogP contribution is 2.25. The van der Waals surface area contributed by atoms with Crippen LogP contribution in [0.3, 0.4) is 0 Å². The summed E-state index contributed by atoms with van der Waals surface area (Å²) in [6.45, 7) is 3.92. The number of benzene rings is 1. The predicted octanol–water partition coefficient (Wildman–Crippen LogP) is 3.42. The van der Waals surface area contributed by atoms with Crippen LogP contribution >= 0.6 is 28.3 Å². The average Bonchev–Trinajstić information content (AvgIpc) is 2.24. The quantitative estimate of drug-likeness (QED) is 0.890. The van der Waals surface area contributed by atoms with Crippen LogP contribution in [0.2, 0.25) is 0 Å². The summed E-state index contributed by atoms with van der Waals surface area (Å²) in [6, 6.07) is 3.91. The Bertz CT molecular complexity index is 344. The van der Waals surface area contributed by atoms with Gasteiger partial charge in [0, 0.05) is 4.47 Å². The zero-order chi connectivity index (χ0) is 12.3. The van der Waals surface area contributed by atoms with Crippen LogP contribution in [-0.2, 0) is 0 Å². The Hall–Kier alpha value is -0.160. The summed E-state index contributed by atoms with van der Waals surface area (Å²) >= 11 is 3.21. The minimum Gasteiger partial charge on any atom is -0.391 e. The minimum atomic E-state index is -0.654. The van der Waals surface area contributed by atoms with E-state index in [0.717, 1.165) is 6.42 Å². The number of hydrogen-bond donors (Lipinski definition) is 2. The van der Waals surface area contributed by atoms with E-state index in [4.69, 9.17) is 5.73 Å². The maximum atomic E-state index is 13.2. The van der Waals surface area contributed by atoms with E-state index in [2.05, 4.69) is 15.9 Å². The summed E-state index contributed by atoms with van der Waals surface area (Å²) in [6.07, 6.45) is 0.185. The van der Waals surface area contributed by atoms with Crippen LogP contribution in [0, 0.1) is 11.7 Å². The number of rotatable bonds is 4. The fourth-order valence-corrected chi connectivity index (χ4v) is 2.04. The van der Waals surface area contributed by atoms with Crippen LogP contribution in [0.5, 0.6) is 0 Å². The molecule has 3 N–H and O–H groups in total. The molecule has 0 aliphatic heterocycles. The Kier molecular flexibility index (Phi) is 7.24. The van der Waals surface area contributed by atoms with Crippen molar-refractivity contribution in [2.75, 3.05) is 0 Å². The van der Waals surface area contributed by atoms with Gasteiger partial charge in [0.1, 0.15) is 5.82 Å². The van der Waals surface area contributed by atoms with Gasteiger partial charge in [0.25, 0.3) is 0 Å². The molecule has 0 aliphatic carbocycles. The third-order valence-corrected chi connectivity index (χ3v) is 3.32. The molecule has 0 heterocycles. The molecule has 17 heavy (non-hydrogen) atoms. The van der Waals surface area contributed by atoms with E-state index in [1.54, 1.807) is 6.07 Å². The van der Waals surface area contributed by atoms with Crippen LogP contribution in [0.4, 0.5) is 4.39 Å². The molecule has 0 saturated carbocycles. The minimum absolute atomic E-state index is 0. The van der Waals surface area contributed by atoms with E-state index in [1.165, 1.54) is 12.1 Å². The molecule has 0 saturated heterocycles. The first-order valence-electron chi connectivity index (χ1n) is 5.35. The molecule has 5 heteroatoms. The first-order valence-corrected chi connectivity index (χ1v) is 6.14. The Morgan fingerprint density at radius 3 is 2.47 bits per heavy atom. The predicted molar refractivity (Wildman–Crippen MR) is 73.7 cm³/mol. The number of aliphatic hydroxyl groups excluding tert-OH is 1. The molecule has 1 aromatic rings.